The number of aryl methyl sites for hydroxylation is 1. The minimum atomic E-state index is 0. The fourth-order valence-electron chi connectivity index (χ4n) is 0.551. The maximum absolute atomic E-state index is 5.71. The number of hydrogen-bond acceptors (Lipinski definition) is 0. The molecule has 9 heavy (non-hydrogen) atoms. The largest absolute Gasteiger partial charge is 0.0841 e. The van der Waals surface area contributed by atoms with Gasteiger partial charge in [-0.3, -0.25) is 0 Å². The van der Waals surface area contributed by atoms with E-state index in [1.54, 1.807) is 0 Å². The fraction of sp³-hybridized carbons (Fsp3) is 0.143. The first kappa shape index (κ1) is 9.00. The Morgan fingerprint density at radius 1 is 1.22 bits per heavy atom. The molecule has 1 aromatic rings. The summed E-state index contributed by atoms with van der Waals surface area (Å²) in [7, 11) is 0. The summed E-state index contributed by atoms with van der Waals surface area (Å²) in [6.07, 6.45) is 0. The molecule has 0 saturated carbocycles. The van der Waals surface area contributed by atoms with Crippen molar-refractivity contribution in [2.75, 3.05) is 0 Å². The van der Waals surface area contributed by atoms with Crippen molar-refractivity contribution >= 4 is 11.6 Å². The van der Waals surface area contributed by atoms with Crippen molar-refractivity contribution in [2.45, 2.75) is 6.92 Å². The first-order valence-electron chi connectivity index (χ1n) is 2.52. The van der Waals surface area contributed by atoms with Gasteiger partial charge in [0.1, 0.15) is 0 Å². The van der Waals surface area contributed by atoms with Crippen LogP contribution >= 0.6 is 11.6 Å². The van der Waals surface area contributed by atoms with E-state index in [-0.39, 0.29) is 16.5 Å². The van der Waals surface area contributed by atoms with Gasteiger partial charge in [-0.25, -0.2) is 0 Å². The SMILES string of the molecule is Cc1ccccc1Cl.[Ni]. The van der Waals surface area contributed by atoms with Crippen molar-refractivity contribution in [1.29, 1.82) is 0 Å². The fourth-order valence-corrected chi connectivity index (χ4v) is 0.687. The van der Waals surface area contributed by atoms with Crippen molar-refractivity contribution in [2.24, 2.45) is 0 Å². The molecular formula is C7H7ClNi. The van der Waals surface area contributed by atoms with Crippen molar-refractivity contribution in [1.82, 2.24) is 0 Å². The van der Waals surface area contributed by atoms with Crippen LogP contribution in [0.4, 0.5) is 0 Å². The van der Waals surface area contributed by atoms with Crippen LogP contribution in [-0.2, 0) is 16.5 Å². The summed E-state index contributed by atoms with van der Waals surface area (Å²) in [4.78, 5) is 0. The molecule has 0 aliphatic rings. The predicted molar refractivity (Wildman–Crippen MR) is 36.2 cm³/mol. The van der Waals surface area contributed by atoms with Crippen LogP contribution in [0.15, 0.2) is 24.3 Å². The van der Waals surface area contributed by atoms with Crippen molar-refractivity contribution in [3.8, 4) is 0 Å². The van der Waals surface area contributed by atoms with E-state index >= 15 is 0 Å². The summed E-state index contributed by atoms with van der Waals surface area (Å²) in [6, 6.07) is 7.77. The summed E-state index contributed by atoms with van der Waals surface area (Å²) >= 11 is 5.71. The Kier molecular flexibility index (Phi) is 3.92. The molecule has 1 rings (SSSR count). The monoisotopic (exact) mass is 184 g/mol. The van der Waals surface area contributed by atoms with E-state index in [1.807, 2.05) is 31.2 Å². The maximum Gasteiger partial charge on any atom is 0.0435 e. The summed E-state index contributed by atoms with van der Waals surface area (Å²) in [5.74, 6) is 0. The minimum absolute atomic E-state index is 0. The molecule has 0 nitrogen and oxygen atoms in total. The van der Waals surface area contributed by atoms with Crippen molar-refractivity contribution in [3.05, 3.63) is 34.9 Å². The number of hydrogen-bond donors (Lipinski definition) is 0. The Hall–Kier alpha value is 0.00351. The third kappa shape index (κ3) is 2.38. The van der Waals surface area contributed by atoms with E-state index in [0.717, 1.165) is 10.6 Å². The molecule has 0 aliphatic carbocycles. The van der Waals surface area contributed by atoms with Gasteiger partial charge in [-0.15, -0.1) is 0 Å². The van der Waals surface area contributed by atoms with Crippen LogP contribution in [0, 0.1) is 6.92 Å². The quantitative estimate of drug-likeness (QED) is 0.545. The van der Waals surface area contributed by atoms with Gasteiger partial charge in [0.05, 0.1) is 0 Å². The van der Waals surface area contributed by atoms with Gasteiger partial charge in [0, 0.05) is 21.5 Å². The molecule has 0 radical (unpaired) electrons. The van der Waals surface area contributed by atoms with Gasteiger partial charge in [-0.05, 0) is 18.6 Å². The molecule has 0 amide bonds. The normalized spacial score (nSPS) is 8.22. The average molecular weight is 185 g/mol. The van der Waals surface area contributed by atoms with Gasteiger partial charge in [0.25, 0.3) is 0 Å². The molecule has 0 bridgehead atoms. The molecule has 0 fully saturated rings. The second-order valence-corrected chi connectivity index (χ2v) is 2.16. The standard InChI is InChI=1S/C7H7Cl.Ni/c1-6-4-2-3-5-7(6)8;/h2-5H,1H3;. The van der Waals surface area contributed by atoms with Crippen LogP contribution in [0.3, 0.4) is 0 Å². The Balaban J connectivity index is 0.000000640. The summed E-state index contributed by atoms with van der Waals surface area (Å²) in [5, 5.41) is 0.840. The number of rotatable bonds is 0. The number of halogens is 1. The van der Waals surface area contributed by atoms with Crippen LogP contribution in [0.1, 0.15) is 5.56 Å². The van der Waals surface area contributed by atoms with E-state index in [2.05, 4.69) is 0 Å². The molecule has 0 heterocycles. The molecule has 0 aliphatic heterocycles. The Morgan fingerprint density at radius 3 is 2.11 bits per heavy atom. The second kappa shape index (κ2) is 3.92. The predicted octanol–water partition coefficient (Wildman–Crippen LogP) is 2.65. The molecule has 0 aromatic heterocycles. The Bertz CT molecular complexity index is 165. The molecule has 0 spiro atoms. The summed E-state index contributed by atoms with van der Waals surface area (Å²) < 4.78 is 0. The van der Waals surface area contributed by atoms with Gasteiger partial charge in [0.2, 0.25) is 0 Å². The third-order valence-electron chi connectivity index (χ3n) is 1.08. The van der Waals surface area contributed by atoms with E-state index < -0.39 is 0 Å². The van der Waals surface area contributed by atoms with E-state index in [9.17, 15) is 0 Å². The van der Waals surface area contributed by atoms with Crippen LogP contribution in [0.2, 0.25) is 5.02 Å². The Labute approximate surface area is 70.1 Å². The van der Waals surface area contributed by atoms with E-state index in [1.165, 1.54) is 0 Å². The van der Waals surface area contributed by atoms with Gasteiger partial charge >= 0.3 is 0 Å². The summed E-state index contributed by atoms with van der Waals surface area (Å²) in [6.45, 7) is 1.99. The van der Waals surface area contributed by atoms with Crippen molar-refractivity contribution in [3.63, 3.8) is 0 Å². The average Bonchev–Trinajstić information content (AvgIpc) is 1.77. The van der Waals surface area contributed by atoms with Crippen LogP contribution in [0.5, 0.6) is 0 Å². The zero-order chi connectivity index (χ0) is 5.98. The molecule has 0 unspecified atom stereocenters. The molecule has 0 atom stereocenters. The summed E-state index contributed by atoms with van der Waals surface area (Å²) in [5.41, 5.74) is 1.13. The van der Waals surface area contributed by atoms with Crippen LogP contribution in [0.25, 0.3) is 0 Å². The molecule has 0 saturated heterocycles. The first-order chi connectivity index (χ1) is 3.80. The first-order valence-corrected chi connectivity index (χ1v) is 2.89. The molecule has 1 aromatic carbocycles. The van der Waals surface area contributed by atoms with Gasteiger partial charge in [-0.1, -0.05) is 29.8 Å². The maximum atomic E-state index is 5.71. The number of benzene rings is 1. The molecule has 52 valence electrons. The second-order valence-electron chi connectivity index (χ2n) is 1.75. The topological polar surface area (TPSA) is 0 Å². The van der Waals surface area contributed by atoms with Crippen LogP contribution in [-0.4, -0.2) is 0 Å². The minimum Gasteiger partial charge on any atom is -0.0841 e. The van der Waals surface area contributed by atoms with Gasteiger partial charge in [0.15, 0.2) is 0 Å². The van der Waals surface area contributed by atoms with Gasteiger partial charge < -0.3 is 0 Å². The zero-order valence-corrected chi connectivity index (χ0v) is 6.75. The smallest absolute Gasteiger partial charge is 0.0435 e. The molecule has 2 heteroatoms. The van der Waals surface area contributed by atoms with E-state index in [0.29, 0.717) is 0 Å². The zero-order valence-electron chi connectivity index (χ0n) is 5.00. The Morgan fingerprint density at radius 2 is 1.78 bits per heavy atom. The van der Waals surface area contributed by atoms with E-state index in [4.69, 9.17) is 11.6 Å². The molecular weight excluding hydrogens is 178 g/mol. The van der Waals surface area contributed by atoms with Gasteiger partial charge in [-0.2, -0.15) is 0 Å². The van der Waals surface area contributed by atoms with Crippen molar-refractivity contribution < 1.29 is 16.5 Å². The third-order valence-corrected chi connectivity index (χ3v) is 1.50. The molecule has 0 N–H and O–H groups in total. The van der Waals surface area contributed by atoms with Crippen LogP contribution < -0.4 is 0 Å².